The number of halogens is 2. The van der Waals surface area contributed by atoms with Gasteiger partial charge in [0.15, 0.2) is 11.5 Å². The third-order valence-electron chi connectivity index (χ3n) is 2.75. The zero-order valence-electron chi connectivity index (χ0n) is 9.53. The number of benzene rings is 1. The second-order valence-electron chi connectivity index (χ2n) is 4.02. The average molecular weight is 243 g/mol. The molecule has 5 heteroatoms. The van der Waals surface area contributed by atoms with E-state index >= 15 is 0 Å². The molecule has 0 amide bonds. The van der Waals surface area contributed by atoms with E-state index in [9.17, 15) is 8.78 Å². The quantitative estimate of drug-likeness (QED) is 0.864. The smallest absolute Gasteiger partial charge is 0.387 e. The predicted octanol–water partition coefficient (Wildman–Crippen LogP) is 2.50. The summed E-state index contributed by atoms with van der Waals surface area (Å²) in [6, 6.07) is 5.18. The van der Waals surface area contributed by atoms with Crippen molar-refractivity contribution < 1.29 is 18.3 Å². The lowest BCUT2D eigenvalue weighted by atomic mass is 10.1. The first kappa shape index (κ1) is 12.1. The minimum atomic E-state index is -2.84. The summed E-state index contributed by atoms with van der Waals surface area (Å²) in [5, 5.41) is 0. The van der Waals surface area contributed by atoms with E-state index in [-0.39, 0.29) is 11.8 Å². The first-order valence-electron chi connectivity index (χ1n) is 5.59. The number of alkyl halides is 2. The monoisotopic (exact) mass is 243 g/mol. The maximum Gasteiger partial charge on any atom is 0.387 e. The fraction of sp³-hybridized carbons (Fsp3) is 0.500. The molecule has 1 saturated carbocycles. The van der Waals surface area contributed by atoms with Gasteiger partial charge in [0.25, 0.3) is 0 Å². The summed E-state index contributed by atoms with van der Waals surface area (Å²) < 4.78 is 34.0. The van der Waals surface area contributed by atoms with E-state index < -0.39 is 6.61 Å². The van der Waals surface area contributed by atoms with Crippen LogP contribution in [0.4, 0.5) is 8.78 Å². The molecule has 0 spiro atoms. The van der Waals surface area contributed by atoms with Crippen molar-refractivity contribution in [3.8, 4) is 11.5 Å². The Morgan fingerprint density at radius 3 is 2.65 bits per heavy atom. The van der Waals surface area contributed by atoms with Crippen molar-refractivity contribution in [2.75, 3.05) is 6.61 Å². The highest BCUT2D eigenvalue weighted by molar-refractivity contribution is 5.45. The fourth-order valence-electron chi connectivity index (χ4n) is 1.81. The van der Waals surface area contributed by atoms with Crippen LogP contribution in [-0.2, 0) is 0 Å². The maximum absolute atomic E-state index is 12.2. The van der Waals surface area contributed by atoms with Crippen LogP contribution >= 0.6 is 0 Å². The number of hydrogen-bond acceptors (Lipinski definition) is 3. The summed E-state index contributed by atoms with van der Waals surface area (Å²) in [6.07, 6.45) is 0.931. The van der Waals surface area contributed by atoms with Crippen molar-refractivity contribution in [1.82, 2.24) is 0 Å². The largest absolute Gasteiger partial charge is 0.490 e. The molecule has 0 bridgehead atoms. The highest BCUT2D eigenvalue weighted by Crippen LogP contribution is 2.42. The Morgan fingerprint density at radius 2 is 2.12 bits per heavy atom. The molecule has 1 fully saturated rings. The lowest BCUT2D eigenvalue weighted by Gasteiger charge is -2.12. The van der Waals surface area contributed by atoms with Gasteiger partial charge in [-0.2, -0.15) is 8.78 Å². The van der Waals surface area contributed by atoms with Crippen LogP contribution in [-0.4, -0.2) is 19.3 Å². The highest BCUT2D eigenvalue weighted by Gasteiger charge is 2.35. The third-order valence-corrected chi connectivity index (χ3v) is 2.75. The molecule has 3 nitrogen and oxygen atoms in total. The molecule has 17 heavy (non-hydrogen) atoms. The molecule has 0 saturated heterocycles. The second kappa shape index (κ2) is 4.87. The summed E-state index contributed by atoms with van der Waals surface area (Å²) in [6.45, 7) is -0.648. The van der Waals surface area contributed by atoms with Crippen LogP contribution in [0.3, 0.4) is 0 Å². The number of nitrogens with two attached hydrogens (primary N) is 1. The molecule has 2 N–H and O–H groups in total. The van der Waals surface area contributed by atoms with Crippen molar-refractivity contribution in [1.29, 1.82) is 0 Å². The molecule has 0 aromatic heterocycles. The zero-order valence-corrected chi connectivity index (χ0v) is 9.53. The van der Waals surface area contributed by atoms with Crippen molar-refractivity contribution in [3.05, 3.63) is 23.8 Å². The van der Waals surface area contributed by atoms with E-state index in [1.807, 2.05) is 0 Å². The molecule has 2 rings (SSSR count). The first-order valence-corrected chi connectivity index (χ1v) is 5.59. The summed E-state index contributed by atoms with van der Waals surface area (Å²) in [4.78, 5) is 0. The van der Waals surface area contributed by atoms with Gasteiger partial charge < -0.3 is 15.2 Å². The molecular weight excluding hydrogens is 228 g/mol. The van der Waals surface area contributed by atoms with Gasteiger partial charge in [-0.25, -0.2) is 0 Å². The second-order valence-corrected chi connectivity index (χ2v) is 4.02. The normalized spacial score (nSPS) is 22.6. The Hall–Kier alpha value is -1.36. The van der Waals surface area contributed by atoms with Crippen LogP contribution in [0.15, 0.2) is 18.2 Å². The zero-order chi connectivity index (χ0) is 12.4. The SMILES string of the molecule is CCOc1cc(C2CC2N)ccc1OC(F)F. The van der Waals surface area contributed by atoms with Gasteiger partial charge in [-0.05, 0) is 31.0 Å². The van der Waals surface area contributed by atoms with Crippen molar-refractivity contribution >= 4 is 0 Å². The van der Waals surface area contributed by atoms with E-state index in [2.05, 4.69) is 4.74 Å². The van der Waals surface area contributed by atoms with Gasteiger partial charge in [0.05, 0.1) is 6.61 Å². The fourth-order valence-corrected chi connectivity index (χ4v) is 1.81. The van der Waals surface area contributed by atoms with Gasteiger partial charge in [-0.15, -0.1) is 0 Å². The van der Waals surface area contributed by atoms with E-state index in [1.54, 1.807) is 19.1 Å². The average Bonchev–Trinajstić information content (AvgIpc) is 2.98. The van der Waals surface area contributed by atoms with Gasteiger partial charge in [0.1, 0.15) is 0 Å². The molecule has 1 aliphatic rings. The minimum Gasteiger partial charge on any atom is -0.490 e. The maximum atomic E-state index is 12.2. The molecular formula is C12H15F2NO2. The van der Waals surface area contributed by atoms with Crippen LogP contribution in [0.2, 0.25) is 0 Å². The minimum absolute atomic E-state index is 0.0693. The van der Waals surface area contributed by atoms with Gasteiger partial charge in [0, 0.05) is 12.0 Å². The topological polar surface area (TPSA) is 44.5 Å². The lowest BCUT2D eigenvalue weighted by molar-refractivity contribution is -0.0514. The van der Waals surface area contributed by atoms with E-state index in [4.69, 9.17) is 10.5 Å². The van der Waals surface area contributed by atoms with Gasteiger partial charge in [-0.1, -0.05) is 6.07 Å². The molecule has 1 aromatic rings. The van der Waals surface area contributed by atoms with Gasteiger partial charge in [0.2, 0.25) is 0 Å². The Labute approximate surface area is 98.5 Å². The summed E-state index contributed by atoms with van der Waals surface area (Å²) in [7, 11) is 0. The third kappa shape index (κ3) is 2.85. The van der Waals surface area contributed by atoms with E-state index in [1.165, 1.54) is 6.07 Å². The van der Waals surface area contributed by atoms with Crippen molar-refractivity contribution in [3.63, 3.8) is 0 Å². The Morgan fingerprint density at radius 1 is 1.41 bits per heavy atom. The van der Waals surface area contributed by atoms with Gasteiger partial charge in [-0.3, -0.25) is 0 Å². The van der Waals surface area contributed by atoms with Crippen LogP contribution in [0.5, 0.6) is 11.5 Å². The Balaban J connectivity index is 2.21. The first-order chi connectivity index (χ1) is 8.11. The van der Waals surface area contributed by atoms with E-state index in [0.29, 0.717) is 18.3 Å². The summed E-state index contributed by atoms with van der Waals surface area (Å²) in [5.74, 6) is 0.735. The van der Waals surface area contributed by atoms with Crippen LogP contribution in [0, 0.1) is 0 Å². The Bertz CT molecular complexity index is 398. The molecule has 0 aliphatic heterocycles. The molecule has 94 valence electrons. The number of hydrogen-bond donors (Lipinski definition) is 1. The molecule has 1 aliphatic carbocycles. The van der Waals surface area contributed by atoms with Gasteiger partial charge >= 0.3 is 6.61 Å². The Kier molecular flexibility index (Phi) is 3.47. The molecule has 2 unspecified atom stereocenters. The molecule has 2 atom stereocenters. The molecule has 0 radical (unpaired) electrons. The van der Waals surface area contributed by atoms with Crippen LogP contribution in [0.1, 0.15) is 24.8 Å². The summed E-state index contributed by atoms with van der Waals surface area (Å²) in [5.41, 5.74) is 6.77. The standard InChI is InChI=1S/C12H15F2NO2/c1-2-16-11-5-7(8-6-9(8)15)3-4-10(11)17-12(13)14/h3-5,8-9,12H,2,6,15H2,1H3. The number of ether oxygens (including phenoxy) is 2. The van der Waals surface area contributed by atoms with Crippen LogP contribution < -0.4 is 15.2 Å². The number of rotatable bonds is 5. The molecule has 1 aromatic carbocycles. The van der Waals surface area contributed by atoms with Crippen molar-refractivity contribution in [2.24, 2.45) is 5.73 Å². The molecule has 0 heterocycles. The predicted molar refractivity (Wildman–Crippen MR) is 59.6 cm³/mol. The van der Waals surface area contributed by atoms with Crippen LogP contribution in [0.25, 0.3) is 0 Å². The van der Waals surface area contributed by atoms with Crippen molar-refractivity contribution in [2.45, 2.75) is 31.9 Å². The lowest BCUT2D eigenvalue weighted by Crippen LogP contribution is -2.05. The highest BCUT2D eigenvalue weighted by atomic mass is 19.3. The summed E-state index contributed by atoms with van der Waals surface area (Å²) >= 11 is 0. The van der Waals surface area contributed by atoms with E-state index in [0.717, 1.165) is 12.0 Å².